The first-order valence-electron chi connectivity index (χ1n) is 12.0. The van der Waals surface area contributed by atoms with Gasteiger partial charge in [-0.25, -0.2) is 0 Å². The van der Waals surface area contributed by atoms with E-state index < -0.39 is 11.8 Å². The highest BCUT2D eigenvalue weighted by atomic mass is 127. The van der Waals surface area contributed by atoms with Crippen LogP contribution in [0.4, 0.5) is 11.4 Å². The number of nitrogens with zero attached hydrogens (tertiary/aromatic N) is 2. The first-order chi connectivity index (χ1) is 18.2. The van der Waals surface area contributed by atoms with Gasteiger partial charge in [0.1, 0.15) is 12.2 Å². The molecule has 0 unspecified atom stereocenters. The molecule has 4 rings (SSSR count). The number of ether oxygens (including phenoxy) is 2. The van der Waals surface area contributed by atoms with Crippen LogP contribution in [0.25, 0.3) is 6.08 Å². The van der Waals surface area contributed by atoms with Crippen molar-refractivity contribution in [2.75, 3.05) is 23.0 Å². The standard InChI is InChI=1S/C30H27IN2O4S/c1-5-15-37-27-25(31)17-21(18-26(27)36-6-2)16-24-28(34)32(22-11-7-19(3)8-12-22)30(38)33(29(24)35)23-13-9-20(4)10-14-23/h5,7-14,16-18H,1,6,15H2,2-4H3. The minimum Gasteiger partial charge on any atom is -0.490 e. The Morgan fingerprint density at radius 1 is 0.895 bits per heavy atom. The Hall–Kier alpha value is -3.50. The zero-order valence-corrected chi connectivity index (χ0v) is 24.3. The summed E-state index contributed by atoms with van der Waals surface area (Å²) >= 11 is 7.87. The lowest BCUT2D eigenvalue weighted by Gasteiger charge is -2.36. The fourth-order valence-electron chi connectivity index (χ4n) is 3.96. The number of hydrogen-bond acceptors (Lipinski definition) is 5. The quantitative estimate of drug-likeness (QED) is 0.0913. The van der Waals surface area contributed by atoms with Crippen LogP contribution in [-0.2, 0) is 9.59 Å². The molecule has 0 radical (unpaired) electrons. The van der Waals surface area contributed by atoms with Crippen LogP contribution in [0.5, 0.6) is 11.5 Å². The Balaban J connectivity index is 1.86. The van der Waals surface area contributed by atoms with Gasteiger partial charge in [0.25, 0.3) is 11.8 Å². The minimum atomic E-state index is -0.493. The van der Waals surface area contributed by atoms with E-state index in [0.29, 0.717) is 41.7 Å². The summed E-state index contributed by atoms with van der Waals surface area (Å²) in [6, 6.07) is 18.5. The number of thiocarbonyl (C=S) groups is 1. The SMILES string of the molecule is C=CCOc1c(I)cc(C=C2C(=O)N(c3ccc(C)cc3)C(=S)N(c3ccc(C)cc3)C2=O)cc1OCC. The molecule has 38 heavy (non-hydrogen) atoms. The maximum absolute atomic E-state index is 13.8. The van der Waals surface area contributed by atoms with Crippen LogP contribution < -0.4 is 19.3 Å². The summed E-state index contributed by atoms with van der Waals surface area (Å²) in [5.74, 6) is 0.115. The van der Waals surface area contributed by atoms with Crippen LogP contribution in [0.3, 0.4) is 0 Å². The summed E-state index contributed by atoms with van der Waals surface area (Å²) in [4.78, 5) is 30.5. The van der Waals surface area contributed by atoms with Gasteiger partial charge in [-0.05, 0) is 104 Å². The molecule has 1 aliphatic rings. The van der Waals surface area contributed by atoms with Crippen molar-refractivity contribution in [3.63, 3.8) is 0 Å². The van der Waals surface area contributed by atoms with Crippen LogP contribution in [0, 0.1) is 17.4 Å². The molecule has 1 fully saturated rings. The number of hydrogen-bond donors (Lipinski definition) is 0. The highest BCUT2D eigenvalue weighted by Gasteiger charge is 2.41. The molecule has 0 atom stereocenters. The van der Waals surface area contributed by atoms with E-state index in [9.17, 15) is 9.59 Å². The number of carbonyl (C=O) groups excluding carboxylic acids is 2. The van der Waals surface area contributed by atoms with E-state index in [2.05, 4.69) is 29.2 Å². The van der Waals surface area contributed by atoms with Gasteiger partial charge in [-0.2, -0.15) is 0 Å². The Bertz CT molecular complexity index is 1360. The van der Waals surface area contributed by atoms with E-state index in [-0.39, 0.29) is 10.7 Å². The molecule has 0 aliphatic carbocycles. The number of carbonyl (C=O) groups is 2. The Morgan fingerprint density at radius 2 is 1.42 bits per heavy atom. The summed E-state index contributed by atoms with van der Waals surface area (Å²) in [7, 11) is 0. The third-order valence-corrected chi connectivity index (χ3v) is 6.99. The number of rotatable bonds is 8. The molecule has 8 heteroatoms. The maximum atomic E-state index is 13.8. The second-order valence-corrected chi connectivity index (χ2v) is 10.2. The first-order valence-corrected chi connectivity index (χ1v) is 13.5. The van der Waals surface area contributed by atoms with Gasteiger partial charge in [-0.15, -0.1) is 0 Å². The number of aryl methyl sites for hydroxylation is 2. The van der Waals surface area contributed by atoms with Crippen LogP contribution >= 0.6 is 34.8 Å². The molecule has 0 aromatic heterocycles. The van der Waals surface area contributed by atoms with E-state index >= 15 is 0 Å². The third kappa shape index (κ3) is 5.66. The highest BCUT2D eigenvalue weighted by Crippen LogP contribution is 2.36. The molecular formula is C30H27IN2O4S. The van der Waals surface area contributed by atoms with Gasteiger partial charge in [0.2, 0.25) is 0 Å². The zero-order chi connectivity index (χ0) is 27.4. The fourth-order valence-corrected chi connectivity index (χ4v) is 5.11. The minimum absolute atomic E-state index is 0.0160. The predicted octanol–water partition coefficient (Wildman–Crippen LogP) is 6.62. The van der Waals surface area contributed by atoms with Crippen molar-refractivity contribution in [2.45, 2.75) is 20.8 Å². The molecule has 194 valence electrons. The van der Waals surface area contributed by atoms with E-state index in [4.69, 9.17) is 21.7 Å². The van der Waals surface area contributed by atoms with Gasteiger partial charge in [0, 0.05) is 0 Å². The lowest BCUT2D eigenvalue weighted by molar-refractivity contribution is -0.120. The van der Waals surface area contributed by atoms with Crippen molar-refractivity contribution in [2.24, 2.45) is 0 Å². The van der Waals surface area contributed by atoms with Crippen molar-refractivity contribution in [3.05, 3.63) is 99.2 Å². The first kappa shape index (κ1) is 27.5. The fraction of sp³-hybridized carbons (Fsp3) is 0.167. The summed E-state index contributed by atoms with van der Waals surface area (Å²) < 4.78 is 12.4. The Labute approximate surface area is 241 Å². The van der Waals surface area contributed by atoms with Gasteiger partial charge >= 0.3 is 0 Å². The molecule has 0 bridgehead atoms. The summed E-state index contributed by atoms with van der Waals surface area (Å²) in [5.41, 5.74) is 3.86. The summed E-state index contributed by atoms with van der Waals surface area (Å²) in [6.45, 7) is 10.3. The number of benzene rings is 3. The molecule has 1 saturated heterocycles. The van der Waals surface area contributed by atoms with Gasteiger partial charge in [-0.1, -0.05) is 48.0 Å². The lowest BCUT2D eigenvalue weighted by Crippen LogP contribution is -2.56. The highest BCUT2D eigenvalue weighted by molar-refractivity contribution is 14.1. The van der Waals surface area contributed by atoms with Crippen molar-refractivity contribution < 1.29 is 19.1 Å². The summed E-state index contributed by atoms with van der Waals surface area (Å²) in [6.07, 6.45) is 3.24. The van der Waals surface area contributed by atoms with E-state index in [0.717, 1.165) is 14.7 Å². The van der Waals surface area contributed by atoms with E-state index in [1.54, 1.807) is 18.2 Å². The zero-order valence-electron chi connectivity index (χ0n) is 21.4. The van der Waals surface area contributed by atoms with Gasteiger partial charge in [0.15, 0.2) is 16.6 Å². The van der Waals surface area contributed by atoms with E-state index in [1.807, 2.05) is 75.4 Å². The van der Waals surface area contributed by atoms with Crippen molar-refractivity contribution >= 4 is 69.2 Å². The van der Waals surface area contributed by atoms with Crippen LogP contribution in [-0.4, -0.2) is 30.1 Å². The third-order valence-electron chi connectivity index (χ3n) is 5.82. The molecule has 3 aromatic carbocycles. The number of halogens is 1. The molecule has 2 amide bonds. The van der Waals surface area contributed by atoms with Crippen molar-refractivity contribution in [1.29, 1.82) is 0 Å². The van der Waals surface area contributed by atoms with Crippen LogP contribution in [0.2, 0.25) is 0 Å². The van der Waals surface area contributed by atoms with Crippen LogP contribution in [0.1, 0.15) is 23.6 Å². The van der Waals surface area contributed by atoms with E-state index in [1.165, 1.54) is 9.80 Å². The number of anilines is 2. The van der Waals surface area contributed by atoms with Gasteiger partial charge in [0.05, 0.1) is 21.6 Å². The molecule has 0 saturated carbocycles. The van der Waals surface area contributed by atoms with Gasteiger partial charge < -0.3 is 9.47 Å². The second kappa shape index (κ2) is 11.9. The Kier molecular flexibility index (Phi) is 8.63. The lowest BCUT2D eigenvalue weighted by atomic mass is 10.0. The Morgan fingerprint density at radius 3 is 1.89 bits per heavy atom. The molecule has 0 spiro atoms. The van der Waals surface area contributed by atoms with Crippen LogP contribution in [0.15, 0.2) is 78.9 Å². The molecule has 0 N–H and O–H groups in total. The molecule has 6 nitrogen and oxygen atoms in total. The smallest absolute Gasteiger partial charge is 0.270 e. The van der Waals surface area contributed by atoms with Gasteiger partial charge in [-0.3, -0.25) is 19.4 Å². The topological polar surface area (TPSA) is 59.1 Å². The molecule has 1 heterocycles. The predicted molar refractivity (Wildman–Crippen MR) is 164 cm³/mol. The molecular weight excluding hydrogens is 611 g/mol. The molecule has 1 aliphatic heterocycles. The second-order valence-electron chi connectivity index (χ2n) is 8.66. The summed E-state index contributed by atoms with van der Waals surface area (Å²) in [5, 5.41) is 0.0996. The maximum Gasteiger partial charge on any atom is 0.270 e. The number of amides is 2. The normalized spacial score (nSPS) is 13.6. The molecule has 3 aromatic rings. The largest absolute Gasteiger partial charge is 0.490 e. The van der Waals surface area contributed by atoms with Crippen molar-refractivity contribution in [1.82, 2.24) is 0 Å². The average molecular weight is 639 g/mol. The monoisotopic (exact) mass is 638 g/mol. The average Bonchev–Trinajstić information content (AvgIpc) is 2.88. The van der Waals surface area contributed by atoms with Crippen molar-refractivity contribution in [3.8, 4) is 11.5 Å².